The standard InChI is InChI=1S/C17H28N2OS/c1-14(2)6-8-19-10-9-18(12-16(19)7-11-20)13-17-5-4-15(3)21-17/h4-6,16,20H,7-13H2,1-3H3/t16-/m1/s1. The third kappa shape index (κ3) is 5.22. The molecule has 0 radical (unpaired) electrons. The van der Waals surface area contributed by atoms with Crippen LogP contribution in [-0.2, 0) is 6.54 Å². The molecule has 0 aromatic carbocycles. The maximum Gasteiger partial charge on any atom is 0.0446 e. The average Bonchev–Trinajstić information content (AvgIpc) is 2.83. The van der Waals surface area contributed by atoms with E-state index in [0.29, 0.717) is 6.04 Å². The van der Waals surface area contributed by atoms with E-state index in [-0.39, 0.29) is 6.61 Å². The summed E-state index contributed by atoms with van der Waals surface area (Å²) in [6.45, 7) is 12.1. The van der Waals surface area contributed by atoms with Crippen LogP contribution in [0.2, 0.25) is 0 Å². The van der Waals surface area contributed by atoms with E-state index in [4.69, 9.17) is 0 Å². The smallest absolute Gasteiger partial charge is 0.0446 e. The Kier molecular flexibility index (Phi) is 6.42. The molecule has 0 aliphatic carbocycles. The largest absolute Gasteiger partial charge is 0.396 e. The van der Waals surface area contributed by atoms with Gasteiger partial charge in [0.2, 0.25) is 0 Å². The molecule has 2 rings (SSSR count). The number of aryl methyl sites for hydroxylation is 1. The lowest BCUT2D eigenvalue weighted by molar-refractivity contribution is 0.0642. The Morgan fingerprint density at radius 1 is 1.38 bits per heavy atom. The van der Waals surface area contributed by atoms with Gasteiger partial charge in [0.15, 0.2) is 0 Å². The molecule has 0 bridgehead atoms. The van der Waals surface area contributed by atoms with Crippen LogP contribution in [0.25, 0.3) is 0 Å². The van der Waals surface area contributed by atoms with Gasteiger partial charge in [-0.2, -0.15) is 0 Å². The van der Waals surface area contributed by atoms with Gasteiger partial charge in [-0.25, -0.2) is 0 Å². The molecule has 1 aliphatic rings. The molecule has 1 atom stereocenters. The van der Waals surface area contributed by atoms with Crippen molar-refractivity contribution in [3.63, 3.8) is 0 Å². The lowest BCUT2D eigenvalue weighted by atomic mass is 10.1. The Bertz CT molecular complexity index is 465. The van der Waals surface area contributed by atoms with Crippen molar-refractivity contribution in [1.29, 1.82) is 0 Å². The Morgan fingerprint density at radius 3 is 2.81 bits per heavy atom. The van der Waals surface area contributed by atoms with Crippen LogP contribution in [-0.4, -0.2) is 53.7 Å². The third-order valence-corrected chi connectivity index (χ3v) is 5.05. The fourth-order valence-corrected chi connectivity index (χ4v) is 3.79. The van der Waals surface area contributed by atoms with E-state index in [1.54, 1.807) is 0 Å². The van der Waals surface area contributed by atoms with Crippen LogP contribution in [0.15, 0.2) is 23.8 Å². The molecule has 2 heterocycles. The first-order chi connectivity index (χ1) is 10.1. The van der Waals surface area contributed by atoms with Crippen molar-refractivity contribution >= 4 is 11.3 Å². The molecule has 4 heteroatoms. The number of aliphatic hydroxyl groups is 1. The quantitative estimate of drug-likeness (QED) is 0.819. The predicted octanol–water partition coefficient (Wildman–Crippen LogP) is 2.89. The van der Waals surface area contributed by atoms with Crippen LogP contribution in [0.5, 0.6) is 0 Å². The zero-order valence-corrected chi connectivity index (χ0v) is 14.3. The van der Waals surface area contributed by atoms with Gasteiger partial charge in [-0.05, 0) is 39.3 Å². The number of aliphatic hydroxyl groups excluding tert-OH is 1. The summed E-state index contributed by atoms with van der Waals surface area (Å²) in [5.41, 5.74) is 1.37. The zero-order valence-electron chi connectivity index (χ0n) is 13.5. The number of thiophene rings is 1. The summed E-state index contributed by atoms with van der Waals surface area (Å²) < 4.78 is 0. The van der Waals surface area contributed by atoms with Gasteiger partial charge < -0.3 is 5.11 Å². The van der Waals surface area contributed by atoms with Crippen LogP contribution in [0.4, 0.5) is 0 Å². The number of nitrogens with zero attached hydrogens (tertiary/aromatic N) is 2. The first-order valence-electron chi connectivity index (χ1n) is 7.84. The van der Waals surface area contributed by atoms with Gasteiger partial charge in [-0.15, -0.1) is 11.3 Å². The lowest BCUT2D eigenvalue weighted by Gasteiger charge is -2.41. The van der Waals surface area contributed by atoms with E-state index in [1.165, 1.54) is 15.3 Å². The van der Waals surface area contributed by atoms with Gasteiger partial charge in [0.25, 0.3) is 0 Å². The number of piperazine rings is 1. The van der Waals surface area contributed by atoms with Crippen LogP contribution >= 0.6 is 11.3 Å². The SMILES string of the molecule is CC(C)=CCN1CCN(Cc2ccc(C)s2)C[C@H]1CCO. The van der Waals surface area contributed by atoms with Gasteiger partial charge >= 0.3 is 0 Å². The highest BCUT2D eigenvalue weighted by Gasteiger charge is 2.25. The second kappa shape index (κ2) is 8.08. The Morgan fingerprint density at radius 2 is 2.19 bits per heavy atom. The Balaban J connectivity index is 1.92. The summed E-state index contributed by atoms with van der Waals surface area (Å²) in [6, 6.07) is 4.92. The van der Waals surface area contributed by atoms with E-state index in [2.05, 4.69) is 48.8 Å². The summed E-state index contributed by atoms with van der Waals surface area (Å²) in [6.07, 6.45) is 3.17. The molecule has 1 N–H and O–H groups in total. The number of hydrogen-bond acceptors (Lipinski definition) is 4. The molecule has 1 aromatic heterocycles. The highest BCUT2D eigenvalue weighted by molar-refractivity contribution is 7.11. The maximum absolute atomic E-state index is 9.33. The Labute approximate surface area is 132 Å². The molecule has 0 spiro atoms. The van der Waals surface area contributed by atoms with Crippen molar-refractivity contribution in [3.05, 3.63) is 33.5 Å². The van der Waals surface area contributed by atoms with Crippen molar-refractivity contribution in [2.45, 2.75) is 39.8 Å². The first kappa shape index (κ1) is 16.7. The molecular weight excluding hydrogens is 280 g/mol. The van der Waals surface area contributed by atoms with Crippen LogP contribution < -0.4 is 0 Å². The lowest BCUT2D eigenvalue weighted by Crippen LogP contribution is -2.52. The summed E-state index contributed by atoms with van der Waals surface area (Å²) in [5, 5.41) is 9.33. The first-order valence-corrected chi connectivity index (χ1v) is 8.66. The second-order valence-corrected chi connectivity index (χ2v) is 7.56. The highest BCUT2D eigenvalue weighted by Crippen LogP contribution is 2.20. The number of allylic oxidation sites excluding steroid dienone is 1. The highest BCUT2D eigenvalue weighted by atomic mass is 32.1. The molecule has 118 valence electrons. The summed E-state index contributed by atoms with van der Waals surface area (Å²) in [5.74, 6) is 0. The van der Waals surface area contributed by atoms with Gasteiger partial charge in [-0.3, -0.25) is 9.80 Å². The Hall–Kier alpha value is -0.680. The van der Waals surface area contributed by atoms with E-state index < -0.39 is 0 Å². The minimum absolute atomic E-state index is 0.280. The maximum atomic E-state index is 9.33. The monoisotopic (exact) mass is 308 g/mol. The number of rotatable bonds is 6. The van der Waals surface area contributed by atoms with Crippen molar-refractivity contribution in [2.75, 3.05) is 32.8 Å². The van der Waals surface area contributed by atoms with Gasteiger partial charge in [0.1, 0.15) is 0 Å². The molecule has 3 nitrogen and oxygen atoms in total. The molecule has 0 unspecified atom stereocenters. The fraction of sp³-hybridized carbons (Fsp3) is 0.647. The van der Waals surface area contributed by atoms with Crippen molar-refractivity contribution in [3.8, 4) is 0 Å². The van der Waals surface area contributed by atoms with E-state index in [0.717, 1.165) is 39.1 Å². The molecule has 1 fully saturated rings. The van der Waals surface area contributed by atoms with Gasteiger partial charge in [0.05, 0.1) is 0 Å². The van der Waals surface area contributed by atoms with E-state index in [9.17, 15) is 5.11 Å². The third-order valence-electron chi connectivity index (χ3n) is 4.06. The summed E-state index contributed by atoms with van der Waals surface area (Å²) in [7, 11) is 0. The van der Waals surface area contributed by atoms with Crippen LogP contribution in [0, 0.1) is 6.92 Å². The average molecular weight is 308 g/mol. The summed E-state index contributed by atoms with van der Waals surface area (Å²) >= 11 is 1.90. The molecule has 0 saturated carbocycles. The topological polar surface area (TPSA) is 26.7 Å². The molecule has 0 amide bonds. The second-order valence-electron chi connectivity index (χ2n) is 6.19. The van der Waals surface area contributed by atoms with Crippen LogP contribution in [0.3, 0.4) is 0 Å². The zero-order chi connectivity index (χ0) is 15.2. The minimum atomic E-state index is 0.280. The molecule has 21 heavy (non-hydrogen) atoms. The molecule has 1 aromatic rings. The van der Waals surface area contributed by atoms with E-state index >= 15 is 0 Å². The summed E-state index contributed by atoms with van der Waals surface area (Å²) in [4.78, 5) is 7.89. The minimum Gasteiger partial charge on any atom is -0.396 e. The fourth-order valence-electron chi connectivity index (χ4n) is 2.85. The molecular formula is C17H28N2OS. The van der Waals surface area contributed by atoms with Gasteiger partial charge in [0, 0.05) is 55.1 Å². The van der Waals surface area contributed by atoms with Gasteiger partial charge in [-0.1, -0.05) is 11.6 Å². The van der Waals surface area contributed by atoms with Crippen molar-refractivity contribution < 1.29 is 5.11 Å². The van der Waals surface area contributed by atoms with Crippen LogP contribution in [0.1, 0.15) is 30.0 Å². The molecule has 1 saturated heterocycles. The van der Waals surface area contributed by atoms with Crippen molar-refractivity contribution in [1.82, 2.24) is 9.80 Å². The normalized spacial score (nSPS) is 20.7. The molecule has 1 aliphatic heterocycles. The number of hydrogen-bond donors (Lipinski definition) is 1. The van der Waals surface area contributed by atoms with Crippen molar-refractivity contribution in [2.24, 2.45) is 0 Å². The van der Waals surface area contributed by atoms with E-state index in [1.807, 2.05) is 11.3 Å². The predicted molar refractivity (Wildman–Crippen MR) is 90.8 cm³/mol.